The molecule has 0 saturated carbocycles. The van der Waals surface area contributed by atoms with Crippen LogP contribution in [0.3, 0.4) is 0 Å². The molecule has 0 fully saturated rings. The average molecular weight is 340 g/mol. The molecular weight excluding hydrogens is 316 g/mol. The van der Waals surface area contributed by atoms with Gasteiger partial charge in [0, 0.05) is 6.42 Å². The van der Waals surface area contributed by atoms with Gasteiger partial charge in [0.15, 0.2) is 0 Å². The van der Waals surface area contributed by atoms with Gasteiger partial charge in [0.2, 0.25) is 0 Å². The number of carbonyl (C=O) groups excluding carboxylic acids is 1. The lowest BCUT2D eigenvalue weighted by Gasteiger charge is -2.14. The highest BCUT2D eigenvalue weighted by Gasteiger charge is 2.12. The molecule has 0 heterocycles. The SMILES string of the molecule is CCCCCC(=O)OC(C)c1ccc(-c2ccc(C(=O)O)cc2)cc1. The molecule has 1 N–H and O–H groups in total. The normalized spacial score (nSPS) is 11.8. The van der Waals surface area contributed by atoms with E-state index < -0.39 is 5.97 Å². The maximum Gasteiger partial charge on any atom is 0.335 e. The first kappa shape index (κ1) is 18.7. The molecule has 0 aliphatic carbocycles. The van der Waals surface area contributed by atoms with Crippen molar-refractivity contribution in [1.29, 1.82) is 0 Å². The van der Waals surface area contributed by atoms with E-state index in [1.54, 1.807) is 24.3 Å². The zero-order valence-corrected chi connectivity index (χ0v) is 14.7. The van der Waals surface area contributed by atoms with Crippen molar-refractivity contribution in [3.8, 4) is 11.1 Å². The van der Waals surface area contributed by atoms with E-state index in [1.165, 1.54) is 0 Å². The van der Waals surface area contributed by atoms with Crippen molar-refractivity contribution in [2.45, 2.75) is 45.6 Å². The highest BCUT2D eigenvalue weighted by molar-refractivity contribution is 5.88. The maximum absolute atomic E-state index is 11.8. The fourth-order valence-electron chi connectivity index (χ4n) is 2.60. The smallest absolute Gasteiger partial charge is 0.335 e. The van der Waals surface area contributed by atoms with Gasteiger partial charge in [0.05, 0.1) is 5.56 Å². The third-order valence-electron chi connectivity index (χ3n) is 4.14. The molecule has 4 nitrogen and oxygen atoms in total. The standard InChI is InChI=1S/C21H24O4/c1-3-4-5-6-20(22)25-15(2)16-7-9-17(10-8-16)18-11-13-19(14-12-18)21(23)24/h7-15H,3-6H2,1-2H3,(H,23,24). The van der Waals surface area contributed by atoms with Gasteiger partial charge in [0.1, 0.15) is 6.10 Å². The highest BCUT2D eigenvalue weighted by Crippen LogP contribution is 2.24. The minimum Gasteiger partial charge on any atom is -0.478 e. The third kappa shape index (κ3) is 5.45. The van der Waals surface area contributed by atoms with Crippen LogP contribution in [0.5, 0.6) is 0 Å². The van der Waals surface area contributed by atoms with Crippen LogP contribution in [0.15, 0.2) is 48.5 Å². The number of carboxylic acid groups (broad SMARTS) is 1. The van der Waals surface area contributed by atoms with Gasteiger partial charge in [-0.25, -0.2) is 4.79 Å². The Morgan fingerprint density at radius 2 is 1.52 bits per heavy atom. The number of esters is 1. The van der Waals surface area contributed by atoms with Gasteiger partial charge in [-0.15, -0.1) is 0 Å². The van der Waals surface area contributed by atoms with Crippen LogP contribution in [0.25, 0.3) is 11.1 Å². The number of unbranched alkanes of at least 4 members (excludes halogenated alkanes) is 2. The van der Waals surface area contributed by atoms with Crippen LogP contribution in [-0.4, -0.2) is 17.0 Å². The summed E-state index contributed by atoms with van der Waals surface area (Å²) in [6, 6.07) is 14.5. The van der Waals surface area contributed by atoms with Gasteiger partial charge < -0.3 is 9.84 Å². The third-order valence-corrected chi connectivity index (χ3v) is 4.14. The Bertz CT molecular complexity index is 702. The molecule has 4 heteroatoms. The number of benzene rings is 2. The number of aromatic carboxylic acids is 1. The van der Waals surface area contributed by atoms with Crippen molar-refractivity contribution in [2.75, 3.05) is 0 Å². The molecule has 25 heavy (non-hydrogen) atoms. The summed E-state index contributed by atoms with van der Waals surface area (Å²) in [6.45, 7) is 3.97. The van der Waals surface area contributed by atoms with Crippen LogP contribution < -0.4 is 0 Å². The van der Waals surface area contributed by atoms with E-state index in [0.29, 0.717) is 6.42 Å². The van der Waals surface area contributed by atoms with E-state index in [9.17, 15) is 9.59 Å². The van der Waals surface area contributed by atoms with E-state index in [-0.39, 0.29) is 17.6 Å². The second-order valence-corrected chi connectivity index (χ2v) is 6.09. The predicted molar refractivity (Wildman–Crippen MR) is 97.5 cm³/mol. The van der Waals surface area contributed by atoms with Gasteiger partial charge in [0.25, 0.3) is 0 Å². The first-order valence-corrected chi connectivity index (χ1v) is 8.64. The number of carbonyl (C=O) groups is 2. The van der Waals surface area contributed by atoms with Gasteiger partial charge in [-0.3, -0.25) is 4.79 Å². The van der Waals surface area contributed by atoms with Gasteiger partial charge in [-0.05, 0) is 42.2 Å². The Morgan fingerprint density at radius 3 is 2.04 bits per heavy atom. The Morgan fingerprint density at radius 1 is 0.960 bits per heavy atom. The quantitative estimate of drug-likeness (QED) is 0.527. The first-order valence-electron chi connectivity index (χ1n) is 8.64. The van der Waals surface area contributed by atoms with Gasteiger partial charge in [-0.2, -0.15) is 0 Å². The molecule has 0 aliphatic heterocycles. The molecule has 1 unspecified atom stereocenters. The zero-order chi connectivity index (χ0) is 18.2. The van der Waals surface area contributed by atoms with Crippen molar-refractivity contribution >= 4 is 11.9 Å². The van der Waals surface area contributed by atoms with Crippen LogP contribution in [0.2, 0.25) is 0 Å². The predicted octanol–water partition coefficient (Wildman–Crippen LogP) is 5.24. The number of rotatable bonds is 8. The number of ether oxygens (including phenoxy) is 1. The molecule has 132 valence electrons. The van der Waals surface area contributed by atoms with E-state index in [2.05, 4.69) is 6.92 Å². The van der Waals surface area contributed by atoms with Crippen LogP contribution in [0.1, 0.15) is 61.6 Å². The average Bonchev–Trinajstić information content (AvgIpc) is 2.62. The molecule has 0 aromatic heterocycles. The van der Waals surface area contributed by atoms with E-state index in [0.717, 1.165) is 36.0 Å². The van der Waals surface area contributed by atoms with Crippen molar-refractivity contribution in [3.05, 3.63) is 59.7 Å². The summed E-state index contributed by atoms with van der Waals surface area (Å²) in [5, 5.41) is 8.94. The minimum absolute atomic E-state index is 0.158. The molecule has 0 aliphatic rings. The summed E-state index contributed by atoms with van der Waals surface area (Å²) < 4.78 is 5.47. The Labute approximate surface area is 148 Å². The number of carboxylic acids is 1. The lowest BCUT2D eigenvalue weighted by atomic mass is 10.0. The summed E-state index contributed by atoms with van der Waals surface area (Å²) in [5.74, 6) is -1.09. The monoisotopic (exact) mass is 340 g/mol. The van der Waals surface area contributed by atoms with E-state index in [1.807, 2.05) is 31.2 Å². The topological polar surface area (TPSA) is 63.6 Å². The Hall–Kier alpha value is -2.62. The summed E-state index contributed by atoms with van der Waals surface area (Å²) in [5.41, 5.74) is 3.14. The van der Waals surface area contributed by atoms with Gasteiger partial charge >= 0.3 is 11.9 Å². The molecule has 0 spiro atoms. The maximum atomic E-state index is 11.8. The van der Waals surface area contributed by atoms with Gasteiger partial charge in [-0.1, -0.05) is 56.2 Å². The van der Waals surface area contributed by atoms with Crippen LogP contribution in [0, 0.1) is 0 Å². The molecule has 2 rings (SSSR count). The second kappa shape index (κ2) is 9.02. The second-order valence-electron chi connectivity index (χ2n) is 6.09. The fourth-order valence-corrected chi connectivity index (χ4v) is 2.60. The van der Waals surface area contributed by atoms with Crippen molar-refractivity contribution in [1.82, 2.24) is 0 Å². The minimum atomic E-state index is -0.934. The van der Waals surface area contributed by atoms with E-state index >= 15 is 0 Å². The van der Waals surface area contributed by atoms with Crippen molar-refractivity contribution < 1.29 is 19.4 Å². The van der Waals surface area contributed by atoms with Crippen molar-refractivity contribution in [3.63, 3.8) is 0 Å². The molecule has 0 bridgehead atoms. The number of hydrogen-bond donors (Lipinski definition) is 1. The molecule has 2 aromatic rings. The van der Waals surface area contributed by atoms with E-state index in [4.69, 9.17) is 9.84 Å². The van der Waals surface area contributed by atoms with Crippen LogP contribution >= 0.6 is 0 Å². The summed E-state index contributed by atoms with van der Waals surface area (Å²) in [6.07, 6.45) is 3.17. The summed E-state index contributed by atoms with van der Waals surface area (Å²) >= 11 is 0. The highest BCUT2D eigenvalue weighted by atomic mass is 16.5. The van der Waals surface area contributed by atoms with Crippen LogP contribution in [-0.2, 0) is 9.53 Å². The lowest BCUT2D eigenvalue weighted by Crippen LogP contribution is -2.08. The summed E-state index contributed by atoms with van der Waals surface area (Å²) in [7, 11) is 0. The molecule has 2 aromatic carbocycles. The summed E-state index contributed by atoms with van der Waals surface area (Å²) in [4.78, 5) is 22.7. The molecule has 0 amide bonds. The molecular formula is C21H24O4. The Kier molecular flexibility index (Phi) is 6.75. The lowest BCUT2D eigenvalue weighted by molar-refractivity contribution is -0.148. The van der Waals surface area contributed by atoms with Crippen LogP contribution in [0.4, 0.5) is 0 Å². The molecule has 0 radical (unpaired) electrons. The first-order chi connectivity index (χ1) is 12.0. The fraction of sp³-hybridized carbons (Fsp3) is 0.333. The van der Waals surface area contributed by atoms with Crippen molar-refractivity contribution in [2.24, 2.45) is 0 Å². The Balaban J connectivity index is 1.98. The number of hydrogen-bond acceptors (Lipinski definition) is 3. The largest absolute Gasteiger partial charge is 0.478 e. The molecule has 1 atom stereocenters. The molecule has 0 saturated heterocycles. The zero-order valence-electron chi connectivity index (χ0n) is 14.7.